The molecular weight excluding hydrogens is 580 g/mol. The first kappa shape index (κ1) is 31.5. The Morgan fingerprint density at radius 1 is 0.973 bits per heavy atom. The van der Waals surface area contributed by atoms with Gasteiger partial charge >= 0.3 is 0 Å². The topological polar surface area (TPSA) is 86.8 Å². The fourth-order valence-electron chi connectivity index (χ4n) is 3.54. The summed E-state index contributed by atoms with van der Waals surface area (Å²) < 4.78 is 26.1. The molecule has 0 aliphatic carbocycles. The highest BCUT2D eigenvalue weighted by atomic mass is 35.5. The lowest BCUT2D eigenvalue weighted by molar-refractivity contribution is -0.140. The molecule has 37 heavy (non-hydrogen) atoms. The summed E-state index contributed by atoms with van der Waals surface area (Å²) in [6.07, 6.45) is 1.98. The highest BCUT2D eigenvalue weighted by Crippen LogP contribution is 2.31. The van der Waals surface area contributed by atoms with Crippen LogP contribution >= 0.6 is 46.4 Å². The third-order valence-electron chi connectivity index (χ3n) is 5.83. The second-order valence-electron chi connectivity index (χ2n) is 8.80. The molecule has 2 amide bonds. The lowest BCUT2D eigenvalue weighted by Crippen LogP contribution is -2.49. The van der Waals surface area contributed by atoms with Crippen LogP contribution in [0, 0.1) is 0 Å². The molecule has 0 spiro atoms. The summed E-state index contributed by atoms with van der Waals surface area (Å²) >= 11 is 24.5. The molecule has 0 heterocycles. The van der Waals surface area contributed by atoms with E-state index in [1.54, 1.807) is 31.2 Å². The number of carbonyl (C=O) groups is 2. The number of rotatable bonds is 12. The van der Waals surface area contributed by atoms with Crippen molar-refractivity contribution in [3.8, 4) is 0 Å². The largest absolute Gasteiger partial charge is 0.352 e. The van der Waals surface area contributed by atoms with E-state index in [1.165, 1.54) is 17.0 Å². The van der Waals surface area contributed by atoms with E-state index in [9.17, 15) is 18.0 Å². The minimum Gasteiger partial charge on any atom is -0.352 e. The Kier molecular flexibility index (Phi) is 11.8. The Morgan fingerprint density at radius 3 is 2.22 bits per heavy atom. The van der Waals surface area contributed by atoms with Crippen LogP contribution < -0.4 is 9.62 Å². The summed E-state index contributed by atoms with van der Waals surface area (Å²) in [6.45, 7) is 5.62. The summed E-state index contributed by atoms with van der Waals surface area (Å²) in [5.41, 5.74) is 0.937. The number of hydrogen-bond donors (Lipinski definition) is 1. The lowest BCUT2D eigenvalue weighted by Gasteiger charge is -2.30. The minimum absolute atomic E-state index is 0.00129. The first-order valence-corrected chi connectivity index (χ1v) is 15.1. The molecule has 0 radical (unpaired) electrons. The van der Waals surface area contributed by atoms with Gasteiger partial charge in [-0.25, -0.2) is 8.42 Å². The monoisotopic (exact) mass is 609 g/mol. The normalized spacial score (nSPS) is 13.1. The van der Waals surface area contributed by atoms with Gasteiger partial charge in [-0.15, -0.1) is 0 Å². The molecule has 2 aromatic carbocycles. The van der Waals surface area contributed by atoms with E-state index in [4.69, 9.17) is 46.4 Å². The summed E-state index contributed by atoms with van der Waals surface area (Å²) in [4.78, 5) is 27.7. The van der Waals surface area contributed by atoms with Crippen LogP contribution in [0.15, 0.2) is 36.4 Å². The van der Waals surface area contributed by atoms with Gasteiger partial charge < -0.3 is 10.2 Å². The van der Waals surface area contributed by atoms with E-state index in [0.717, 1.165) is 17.0 Å². The van der Waals surface area contributed by atoms with Crippen molar-refractivity contribution in [3.63, 3.8) is 0 Å². The van der Waals surface area contributed by atoms with Crippen molar-refractivity contribution in [1.82, 2.24) is 10.2 Å². The molecular formula is C25H31Cl4N3O4S. The molecule has 0 aliphatic heterocycles. The number of carbonyl (C=O) groups excluding carboxylic acids is 2. The molecule has 2 aromatic rings. The summed E-state index contributed by atoms with van der Waals surface area (Å²) in [5, 5.41) is 4.17. The van der Waals surface area contributed by atoms with Crippen LogP contribution in [-0.2, 0) is 26.2 Å². The smallest absolute Gasteiger partial charge is 0.242 e. The fourth-order valence-corrected chi connectivity index (χ4v) is 5.27. The maximum atomic E-state index is 13.4. The fraction of sp³-hybridized carbons (Fsp3) is 0.440. The van der Waals surface area contributed by atoms with Gasteiger partial charge in [-0.1, -0.05) is 59.4 Å². The van der Waals surface area contributed by atoms with Gasteiger partial charge in [0.2, 0.25) is 21.8 Å². The van der Waals surface area contributed by atoms with E-state index in [0.29, 0.717) is 20.6 Å². The van der Waals surface area contributed by atoms with Gasteiger partial charge in [-0.3, -0.25) is 13.9 Å². The predicted octanol–water partition coefficient (Wildman–Crippen LogP) is 6.18. The zero-order valence-electron chi connectivity index (χ0n) is 21.1. The van der Waals surface area contributed by atoms with E-state index in [2.05, 4.69) is 5.32 Å². The molecule has 7 nitrogen and oxygen atoms in total. The number of benzene rings is 2. The van der Waals surface area contributed by atoms with Crippen LogP contribution in [0.25, 0.3) is 0 Å². The molecule has 0 bridgehead atoms. The highest BCUT2D eigenvalue weighted by Gasteiger charge is 2.27. The number of anilines is 1. The maximum absolute atomic E-state index is 13.4. The first-order chi connectivity index (χ1) is 17.2. The quantitative estimate of drug-likeness (QED) is 0.311. The zero-order chi connectivity index (χ0) is 27.9. The van der Waals surface area contributed by atoms with Gasteiger partial charge in [0.25, 0.3) is 0 Å². The highest BCUT2D eigenvalue weighted by molar-refractivity contribution is 7.92. The second kappa shape index (κ2) is 13.9. The van der Waals surface area contributed by atoms with Crippen LogP contribution in [0.4, 0.5) is 5.69 Å². The number of nitrogens with one attached hydrogen (secondary N) is 1. The molecule has 1 N–H and O–H groups in total. The van der Waals surface area contributed by atoms with Gasteiger partial charge in [0, 0.05) is 30.6 Å². The van der Waals surface area contributed by atoms with Gasteiger partial charge in [-0.05, 0) is 62.6 Å². The van der Waals surface area contributed by atoms with E-state index >= 15 is 0 Å². The van der Waals surface area contributed by atoms with Crippen molar-refractivity contribution < 1.29 is 18.0 Å². The van der Waals surface area contributed by atoms with Crippen molar-refractivity contribution in [3.05, 3.63) is 62.1 Å². The Bertz CT molecular complexity index is 1230. The van der Waals surface area contributed by atoms with E-state index in [1.807, 2.05) is 13.8 Å². The van der Waals surface area contributed by atoms with Crippen LogP contribution in [0.3, 0.4) is 0 Å². The Hall–Kier alpha value is -1.71. The SMILES string of the molecule is CC[C@@H](C)NC(=O)[C@H](C)N(Cc1ccc(Cl)c(Cl)c1)C(=O)CCCN(c1cc(Cl)ccc1Cl)S(C)(=O)=O. The average molecular weight is 611 g/mol. The third kappa shape index (κ3) is 9.21. The standard InChI is InChI=1S/C25H31Cl4N3O4S/c1-5-16(2)30-25(34)17(3)31(15-18-8-10-20(27)22(29)13-18)24(33)7-6-12-32(37(4,35)36)23-14-19(26)9-11-21(23)28/h8-11,13-14,16-17H,5-7,12,15H2,1-4H3,(H,30,34)/t16-,17+/m1/s1. The molecule has 0 fully saturated rings. The zero-order valence-corrected chi connectivity index (χ0v) is 24.9. The van der Waals surface area contributed by atoms with Crippen LogP contribution in [0.1, 0.15) is 45.6 Å². The number of sulfonamides is 1. The summed E-state index contributed by atoms with van der Waals surface area (Å²) in [6, 6.07) is 8.72. The van der Waals surface area contributed by atoms with E-state index in [-0.39, 0.29) is 54.5 Å². The number of halogens is 4. The molecule has 0 saturated heterocycles. The van der Waals surface area contributed by atoms with Crippen molar-refractivity contribution in [1.29, 1.82) is 0 Å². The van der Waals surface area contributed by atoms with Crippen molar-refractivity contribution in [2.45, 2.75) is 58.7 Å². The molecule has 204 valence electrons. The Balaban J connectivity index is 2.24. The lowest BCUT2D eigenvalue weighted by atomic mass is 10.1. The molecule has 2 rings (SSSR count). The predicted molar refractivity (Wildman–Crippen MR) is 152 cm³/mol. The van der Waals surface area contributed by atoms with Crippen molar-refractivity contribution in [2.24, 2.45) is 0 Å². The molecule has 0 unspecified atom stereocenters. The molecule has 12 heteroatoms. The van der Waals surface area contributed by atoms with Gasteiger partial charge in [-0.2, -0.15) is 0 Å². The third-order valence-corrected chi connectivity index (χ3v) is 8.31. The summed E-state index contributed by atoms with van der Waals surface area (Å²) in [5.74, 6) is -0.602. The number of amides is 2. The Morgan fingerprint density at radius 2 is 1.62 bits per heavy atom. The average Bonchev–Trinajstić information content (AvgIpc) is 2.82. The van der Waals surface area contributed by atoms with Gasteiger partial charge in [0.05, 0.1) is 27.0 Å². The summed E-state index contributed by atoms with van der Waals surface area (Å²) in [7, 11) is -3.70. The Labute approximate surface area is 239 Å². The van der Waals surface area contributed by atoms with Crippen molar-refractivity contribution in [2.75, 3.05) is 17.1 Å². The van der Waals surface area contributed by atoms with Crippen LogP contribution in [0.5, 0.6) is 0 Å². The van der Waals surface area contributed by atoms with Gasteiger partial charge in [0.15, 0.2) is 0 Å². The second-order valence-corrected chi connectivity index (χ2v) is 12.4. The van der Waals surface area contributed by atoms with Crippen LogP contribution in [0.2, 0.25) is 20.1 Å². The van der Waals surface area contributed by atoms with Gasteiger partial charge in [0.1, 0.15) is 6.04 Å². The number of hydrogen-bond acceptors (Lipinski definition) is 4. The number of nitrogens with zero attached hydrogens (tertiary/aromatic N) is 2. The molecule has 0 aliphatic rings. The van der Waals surface area contributed by atoms with E-state index < -0.39 is 16.1 Å². The molecule has 0 aromatic heterocycles. The minimum atomic E-state index is -3.70. The molecule has 0 saturated carbocycles. The molecule has 2 atom stereocenters. The van der Waals surface area contributed by atoms with Crippen LogP contribution in [-0.4, -0.2) is 50.0 Å². The van der Waals surface area contributed by atoms with Crippen molar-refractivity contribution >= 4 is 73.9 Å². The maximum Gasteiger partial charge on any atom is 0.242 e. The first-order valence-electron chi connectivity index (χ1n) is 11.7.